The zero-order valence-electron chi connectivity index (χ0n) is 9.59. The first-order valence-electron chi connectivity index (χ1n) is 5.41. The van der Waals surface area contributed by atoms with E-state index in [0.29, 0.717) is 6.04 Å². The van der Waals surface area contributed by atoms with Crippen LogP contribution in [0.3, 0.4) is 0 Å². The fourth-order valence-electron chi connectivity index (χ4n) is 1.72. The predicted molar refractivity (Wildman–Crippen MR) is 63.4 cm³/mol. The SMILES string of the molecule is C=C(/C=C(\C=C/C)[C@@H]1CCN1C)CC. The van der Waals surface area contributed by atoms with Crippen LogP contribution in [0, 0.1) is 0 Å². The molecule has 1 rings (SSSR count). The lowest BCUT2D eigenvalue weighted by Crippen LogP contribution is -2.45. The maximum absolute atomic E-state index is 4.03. The van der Waals surface area contributed by atoms with Gasteiger partial charge in [-0.2, -0.15) is 0 Å². The quantitative estimate of drug-likeness (QED) is 0.617. The zero-order chi connectivity index (χ0) is 10.6. The summed E-state index contributed by atoms with van der Waals surface area (Å²) in [6, 6.07) is 0.620. The van der Waals surface area contributed by atoms with Crippen molar-refractivity contribution in [3.63, 3.8) is 0 Å². The molecule has 1 saturated heterocycles. The van der Waals surface area contributed by atoms with Crippen LogP contribution in [-0.2, 0) is 0 Å². The average molecular weight is 191 g/mol. The van der Waals surface area contributed by atoms with E-state index in [9.17, 15) is 0 Å². The Kier molecular flexibility index (Phi) is 4.15. The molecule has 0 N–H and O–H groups in total. The molecule has 14 heavy (non-hydrogen) atoms. The van der Waals surface area contributed by atoms with E-state index in [-0.39, 0.29) is 0 Å². The summed E-state index contributed by atoms with van der Waals surface area (Å²) in [5, 5.41) is 0. The first-order valence-corrected chi connectivity index (χ1v) is 5.41. The Morgan fingerprint density at radius 1 is 1.57 bits per heavy atom. The molecule has 0 spiro atoms. The Morgan fingerprint density at radius 3 is 2.64 bits per heavy atom. The number of likely N-dealkylation sites (N-methyl/N-ethyl adjacent to an activating group) is 1. The minimum atomic E-state index is 0.620. The minimum absolute atomic E-state index is 0.620. The summed E-state index contributed by atoms with van der Waals surface area (Å²) in [6.07, 6.45) is 8.88. The van der Waals surface area contributed by atoms with Crippen molar-refractivity contribution in [1.82, 2.24) is 4.90 Å². The highest BCUT2D eigenvalue weighted by Crippen LogP contribution is 2.24. The summed E-state index contributed by atoms with van der Waals surface area (Å²) in [4.78, 5) is 2.38. The molecule has 0 aliphatic carbocycles. The van der Waals surface area contributed by atoms with Crippen molar-refractivity contribution in [3.05, 3.63) is 36.0 Å². The van der Waals surface area contributed by atoms with Gasteiger partial charge < -0.3 is 0 Å². The molecule has 1 heteroatoms. The van der Waals surface area contributed by atoms with Crippen LogP contribution >= 0.6 is 0 Å². The van der Waals surface area contributed by atoms with E-state index in [0.717, 1.165) is 6.42 Å². The lowest BCUT2D eigenvalue weighted by Gasteiger charge is -2.39. The normalized spacial score (nSPS) is 23.9. The molecule has 1 atom stereocenters. The number of allylic oxidation sites excluding steroid dienone is 3. The Morgan fingerprint density at radius 2 is 2.29 bits per heavy atom. The van der Waals surface area contributed by atoms with Gasteiger partial charge in [0.2, 0.25) is 0 Å². The largest absolute Gasteiger partial charge is 0.299 e. The third kappa shape index (κ3) is 2.58. The van der Waals surface area contributed by atoms with E-state index < -0.39 is 0 Å². The maximum Gasteiger partial charge on any atom is 0.0357 e. The Bertz CT molecular complexity index is 260. The minimum Gasteiger partial charge on any atom is -0.299 e. The molecule has 1 aliphatic heterocycles. The zero-order valence-corrected chi connectivity index (χ0v) is 9.59. The van der Waals surface area contributed by atoms with E-state index in [4.69, 9.17) is 0 Å². The molecule has 0 saturated carbocycles. The molecule has 1 fully saturated rings. The van der Waals surface area contributed by atoms with E-state index >= 15 is 0 Å². The third-order valence-corrected chi connectivity index (χ3v) is 2.86. The fourth-order valence-corrected chi connectivity index (χ4v) is 1.72. The summed E-state index contributed by atoms with van der Waals surface area (Å²) in [6.45, 7) is 9.47. The molecule has 0 bridgehead atoms. The second-order valence-electron chi connectivity index (χ2n) is 3.94. The van der Waals surface area contributed by atoms with Gasteiger partial charge >= 0.3 is 0 Å². The van der Waals surface area contributed by atoms with Gasteiger partial charge in [-0.3, -0.25) is 4.90 Å². The van der Waals surface area contributed by atoms with Gasteiger partial charge in [-0.05, 0) is 32.4 Å². The molecule has 1 nitrogen and oxygen atoms in total. The van der Waals surface area contributed by atoms with Crippen molar-refractivity contribution >= 4 is 0 Å². The van der Waals surface area contributed by atoms with Crippen molar-refractivity contribution in [2.75, 3.05) is 13.6 Å². The molecule has 0 radical (unpaired) electrons. The molecular weight excluding hydrogens is 170 g/mol. The number of nitrogens with zero attached hydrogens (tertiary/aromatic N) is 1. The lowest BCUT2D eigenvalue weighted by atomic mass is 9.93. The van der Waals surface area contributed by atoms with Crippen LogP contribution in [0.4, 0.5) is 0 Å². The summed E-state index contributed by atoms with van der Waals surface area (Å²) < 4.78 is 0. The molecule has 1 heterocycles. The van der Waals surface area contributed by atoms with Crippen molar-refractivity contribution in [1.29, 1.82) is 0 Å². The molecule has 78 valence electrons. The Labute approximate surface area is 87.8 Å². The number of hydrogen-bond donors (Lipinski definition) is 0. The first kappa shape index (κ1) is 11.3. The molecule has 0 amide bonds. The van der Waals surface area contributed by atoms with Crippen LogP contribution in [0.5, 0.6) is 0 Å². The van der Waals surface area contributed by atoms with Gasteiger partial charge in [-0.15, -0.1) is 0 Å². The topological polar surface area (TPSA) is 3.24 Å². The predicted octanol–water partition coefficient (Wildman–Crippen LogP) is 3.16. The maximum atomic E-state index is 4.03. The summed E-state index contributed by atoms with van der Waals surface area (Å²) in [7, 11) is 2.18. The highest BCUT2D eigenvalue weighted by Gasteiger charge is 2.25. The van der Waals surface area contributed by atoms with Gasteiger partial charge in [-0.1, -0.05) is 37.3 Å². The average Bonchev–Trinajstić information content (AvgIpc) is 2.15. The fraction of sp³-hybridized carbons (Fsp3) is 0.538. The molecular formula is C13H21N. The van der Waals surface area contributed by atoms with Gasteiger partial charge in [0.15, 0.2) is 0 Å². The van der Waals surface area contributed by atoms with Gasteiger partial charge in [0, 0.05) is 12.6 Å². The standard InChI is InChI=1S/C13H21N/c1-5-7-12(10-11(3)6-2)13-8-9-14(13)4/h5,7,10,13H,3,6,8-9H2,1-2,4H3/b7-5-,12-10+/t13-/m0/s1. The van der Waals surface area contributed by atoms with Gasteiger partial charge in [-0.25, -0.2) is 0 Å². The summed E-state index contributed by atoms with van der Waals surface area (Å²) in [5.74, 6) is 0. The number of rotatable bonds is 4. The number of hydrogen-bond acceptors (Lipinski definition) is 1. The Hall–Kier alpha value is -0.820. The molecule has 1 aliphatic rings. The summed E-state index contributed by atoms with van der Waals surface area (Å²) >= 11 is 0. The van der Waals surface area contributed by atoms with Crippen LogP contribution in [0.25, 0.3) is 0 Å². The second kappa shape index (κ2) is 5.16. The van der Waals surface area contributed by atoms with Crippen LogP contribution in [0.1, 0.15) is 26.7 Å². The highest BCUT2D eigenvalue weighted by atomic mass is 15.2. The number of likely N-dealkylation sites (tertiary alicyclic amines) is 1. The third-order valence-electron chi connectivity index (χ3n) is 2.86. The van der Waals surface area contributed by atoms with Crippen LogP contribution in [0.2, 0.25) is 0 Å². The van der Waals surface area contributed by atoms with E-state index in [1.54, 1.807) is 0 Å². The van der Waals surface area contributed by atoms with Crippen LogP contribution in [0.15, 0.2) is 36.0 Å². The van der Waals surface area contributed by atoms with Crippen molar-refractivity contribution in [2.24, 2.45) is 0 Å². The van der Waals surface area contributed by atoms with Gasteiger partial charge in [0.05, 0.1) is 0 Å². The first-order chi connectivity index (χ1) is 6.69. The van der Waals surface area contributed by atoms with Crippen LogP contribution < -0.4 is 0 Å². The van der Waals surface area contributed by atoms with Gasteiger partial charge in [0.25, 0.3) is 0 Å². The van der Waals surface area contributed by atoms with E-state index in [1.807, 2.05) is 0 Å². The Balaban J connectivity index is 2.73. The summed E-state index contributed by atoms with van der Waals surface area (Å²) in [5.41, 5.74) is 2.63. The molecule has 0 unspecified atom stereocenters. The van der Waals surface area contributed by atoms with E-state index in [2.05, 4.69) is 50.6 Å². The smallest absolute Gasteiger partial charge is 0.0357 e. The molecule has 0 aromatic carbocycles. The van der Waals surface area contributed by atoms with E-state index in [1.165, 1.54) is 24.1 Å². The molecule has 0 aromatic heterocycles. The second-order valence-corrected chi connectivity index (χ2v) is 3.94. The van der Waals surface area contributed by atoms with Crippen LogP contribution in [-0.4, -0.2) is 24.5 Å². The van der Waals surface area contributed by atoms with Crippen molar-refractivity contribution in [3.8, 4) is 0 Å². The lowest BCUT2D eigenvalue weighted by molar-refractivity contribution is 0.159. The van der Waals surface area contributed by atoms with Crippen molar-refractivity contribution in [2.45, 2.75) is 32.7 Å². The van der Waals surface area contributed by atoms with Gasteiger partial charge in [0.1, 0.15) is 0 Å². The monoisotopic (exact) mass is 191 g/mol. The highest BCUT2D eigenvalue weighted by molar-refractivity contribution is 5.33. The van der Waals surface area contributed by atoms with Crippen molar-refractivity contribution < 1.29 is 0 Å². The molecule has 0 aromatic rings.